The van der Waals surface area contributed by atoms with Crippen molar-refractivity contribution in [2.24, 2.45) is 0 Å². The number of nitrogens with zero attached hydrogens (tertiary/aromatic N) is 6. The Labute approximate surface area is 257 Å². The van der Waals surface area contributed by atoms with Gasteiger partial charge in [0.05, 0.1) is 31.5 Å². The summed E-state index contributed by atoms with van der Waals surface area (Å²) in [6.45, 7) is 2.57. The molecule has 1 saturated carbocycles. The van der Waals surface area contributed by atoms with Gasteiger partial charge in [-0.3, -0.25) is 4.79 Å². The minimum absolute atomic E-state index is 0.0674. The average Bonchev–Trinajstić information content (AvgIpc) is 3.80. The number of alkyl halides is 3. The van der Waals surface area contributed by atoms with Crippen LogP contribution in [-0.4, -0.2) is 63.1 Å². The molecule has 14 heteroatoms. The molecule has 0 saturated heterocycles. The maximum atomic E-state index is 13.1. The molecule has 4 aromatic rings. The largest absolute Gasteiger partial charge is 0.475 e. The second-order valence-electron chi connectivity index (χ2n) is 10.3. The van der Waals surface area contributed by atoms with E-state index in [4.69, 9.17) is 19.2 Å². The number of carbonyl (C=O) groups is 1. The highest BCUT2D eigenvalue weighted by Gasteiger charge is 2.34. The molecule has 1 aliphatic rings. The van der Waals surface area contributed by atoms with E-state index in [1.165, 1.54) is 18.1 Å². The number of aromatic nitrogens is 6. The van der Waals surface area contributed by atoms with Crippen molar-refractivity contribution in [1.82, 2.24) is 29.7 Å². The van der Waals surface area contributed by atoms with E-state index >= 15 is 0 Å². The molecule has 3 heterocycles. The number of halogens is 3. The number of benzene rings is 1. The van der Waals surface area contributed by atoms with E-state index in [9.17, 15) is 18.0 Å². The first kappa shape index (κ1) is 31.6. The molecule has 236 valence electrons. The van der Waals surface area contributed by atoms with Gasteiger partial charge < -0.3 is 19.5 Å². The SMILES string of the molecule is COCCOc1ncnc(C2CC2)c1-c1ncc(/C=C/CC(=O)OC)c(NCc2ccc(-n3nc(C(F)(F)F)cc3C)cc2)n1. The van der Waals surface area contributed by atoms with Crippen molar-refractivity contribution in [2.75, 3.05) is 32.8 Å². The van der Waals surface area contributed by atoms with Crippen LogP contribution in [0, 0.1) is 6.92 Å². The van der Waals surface area contributed by atoms with Gasteiger partial charge in [-0.1, -0.05) is 24.3 Å². The van der Waals surface area contributed by atoms with Gasteiger partial charge in [0.2, 0.25) is 5.88 Å². The Morgan fingerprint density at radius 2 is 1.89 bits per heavy atom. The zero-order valence-electron chi connectivity index (χ0n) is 25.0. The summed E-state index contributed by atoms with van der Waals surface area (Å²) in [7, 11) is 2.91. The number of ether oxygens (including phenoxy) is 3. The van der Waals surface area contributed by atoms with Gasteiger partial charge in [-0.15, -0.1) is 0 Å². The predicted molar refractivity (Wildman–Crippen MR) is 159 cm³/mol. The van der Waals surface area contributed by atoms with Gasteiger partial charge in [0.15, 0.2) is 11.5 Å². The highest BCUT2D eigenvalue weighted by Crippen LogP contribution is 2.45. The zero-order valence-corrected chi connectivity index (χ0v) is 25.0. The number of hydrogen-bond donors (Lipinski definition) is 1. The van der Waals surface area contributed by atoms with Crippen molar-refractivity contribution in [3.63, 3.8) is 0 Å². The molecule has 0 amide bonds. The summed E-state index contributed by atoms with van der Waals surface area (Å²) in [4.78, 5) is 30.0. The van der Waals surface area contributed by atoms with Crippen molar-refractivity contribution < 1.29 is 32.2 Å². The molecule has 0 aliphatic heterocycles. The molecule has 1 fully saturated rings. The fourth-order valence-electron chi connectivity index (χ4n) is 4.55. The highest BCUT2D eigenvalue weighted by molar-refractivity contribution is 5.74. The molecule has 45 heavy (non-hydrogen) atoms. The summed E-state index contributed by atoms with van der Waals surface area (Å²) in [6, 6.07) is 8.00. The minimum Gasteiger partial charge on any atom is -0.475 e. The average molecular weight is 624 g/mol. The van der Waals surface area contributed by atoms with Gasteiger partial charge in [0.1, 0.15) is 24.3 Å². The predicted octanol–water partition coefficient (Wildman–Crippen LogP) is 5.54. The first-order chi connectivity index (χ1) is 21.7. The van der Waals surface area contributed by atoms with Crippen LogP contribution < -0.4 is 10.1 Å². The third-order valence-electron chi connectivity index (χ3n) is 7.00. The number of aryl methyl sites for hydroxylation is 1. The van der Waals surface area contributed by atoms with Crippen LogP contribution in [-0.2, 0) is 27.0 Å². The second kappa shape index (κ2) is 13.8. The van der Waals surface area contributed by atoms with Gasteiger partial charge in [0.25, 0.3) is 0 Å². The van der Waals surface area contributed by atoms with E-state index in [1.807, 2.05) is 0 Å². The van der Waals surface area contributed by atoms with Crippen LogP contribution in [0.5, 0.6) is 5.88 Å². The Morgan fingerprint density at radius 3 is 2.56 bits per heavy atom. The summed E-state index contributed by atoms with van der Waals surface area (Å²) in [5.74, 6) is 1.10. The summed E-state index contributed by atoms with van der Waals surface area (Å²) >= 11 is 0. The Balaban J connectivity index is 1.43. The normalized spacial score (nSPS) is 13.3. The maximum absolute atomic E-state index is 13.1. The lowest BCUT2D eigenvalue weighted by atomic mass is 10.1. The van der Waals surface area contributed by atoms with Crippen LogP contribution in [0.15, 0.2) is 48.9 Å². The number of carbonyl (C=O) groups excluding carboxylic acids is 1. The van der Waals surface area contributed by atoms with Crippen LogP contribution in [0.25, 0.3) is 23.2 Å². The van der Waals surface area contributed by atoms with E-state index < -0.39 is 11.9 Å². The lowest BCUT2D eigenvalue weighted by Crippen LogP contribution is -2.10. The number of rotatable bonds is 13. The molecule has 1 N–H and O–H groups in total. The molecule has 0 radical (unpaired) electrons. The number of anilines is 1. The quantitative estimate of drug-likeness (QED) is 0.150. The zero-order chi connectivity index (χ0) is 32.0. The van der Waals surface area contributed by atoms with Gasteiger partial charge in [-0.25, -0.2) is 24.6 Å². The van der Waals surface area contributed by atoms with E-state index in [2.05, 4.69) is 25.4 Å². The highest BCUT2D eigenvalue weighted by atomic mass is 19.4. The van der Waals surface area contributed by atoms with Crippen LogP contribution in [0.2, 0.25) is 0 Å². The van der Waals surface area contributed by atoms with Gasteiger partial charge in [0, 0.05) is 37.0 Å². The molecule has 1 aromatic carbocycles. The Kier molecular flexibility index (Phi) is 9.71. The van der Waals surface area contributed by atoms with Crippen LogP contribution >= 0.6 is 0 Å². The third kappa shape index (κ3) is 7.81. The van der Waals surface area contributed by atoms with Gasteiger partial charge in [-0.05, 0) is 43.5 Å². The summed E-state index contributed by atoms with van der Waals surface area (Å²) in [6.07, 6.45) is 4.03. The monoisotopic (exact) mass is 623 g/mol. The molecule has 11 nitrogen and oxygen atoms in total. The van der Waals surface area contributed by atoms with Crippen molar-refractivity contribution in [3.05, 3.63) is 77.1 Å². The first-order valence-electron chi connectivity index (χ1n) is 14.2. The third-order valence-corrected chi connectivity index (χ3v) is 7.00. The summed E-state index contributed by atoms with van der Waals surface area (Å²) < 4.78 is 56.5. The van der Waals surface area contributed by atoms with Crippen molar-refractivity contribution in [2.45, 2.75) is 44.8 Å². The molecule has 3 aromatic heterocycles. The van der Waals surface area contributed by atoms with Gasteiger partial charge in [-0.2, -0.15) is 18.3 Å². The lowest BCUT2D eigenvalue weighted by Gasteiger charge is -2.15. The Bertz CT molecular complexity index is 1670. The Hall–Kier alpha value is -4.85. The van der Waals surface area contributed by atoms with E-state index in [0.717, 1.165) is 30.2 Å². The van der Waals surface area contributed by atoms with Crippen LogP contribution in [0.4, 0.5) is 19.0 Å². The fourth-order valence-corrected chi connectivity index (χ4v) is 4.55. The number of esters is 1. The van der Waals surface area contributed by atoms with E-state index in [-0.39, 0.29) is 24.9 Å². The molecule has 0 unspecified atom stereocenters. The summed E-state index contributed by atoms with van der Waals surface area (Å²) in [5.41, 5.74) is 2.81. The molecule has 0 bridgehead atoms. The van der Waals surface area contributed by atoms with Crippen LogP contribution in [0.3, 0.4) is 0 Å². The fraction of sp³-hybridized carbons (Fsp3) is 0.355. The standard InChI is InChI=1S/C31H32F3N7O4/c1-19-15-24(31(32,33)34)40-41(19)23-11-7-20(8-12-23)16-35-28-22(5-4-6-25(42)44-3)17-36-29(39-28)26-27(21-9-10-21)37-18-38-30(26)45-14-13-43-2/h4-5,7-8,11-12,15,17-18,21H,6,9-10,13-14,16H2,1-3H3,(H,35,36,39)/b5-4+. The van der Waals surface area contributed by atoms with Gasteiger partial charge >= 0.3 is 12.1 Å². The minimum atomic E-state index is -4.53. The van der Waals surface area contributed by atoms with Crippen LogP contribution in [0.1, 0.15) is 53.4 Å². The molecule has 0 spiro atoms. The Morgan fingerprint density at radius 1 is 1.11 bits per heavy atom. The second-order valence-corrected chi connectivity index (χ2v) is 10.3. The first-order valence-corrected chi connectivity index (χ1v) is 14.2. The topological polar surface area (TPSA) is 126 Å². The van der Waals surface area contributed by atoms with Crippen molar-refractivity contribution >= 4 is 17.9 Å². The molecule has 1 aliphatic carbocycles. The molecular weight excluding hydrogens is 591 g/mol. The van der Waals surface area contributed by atoms with E-state index in [0.29, 0.717) is 53.2 Å². The van der Waals surface area contributed by atoms with Crippen molar-refractivity contribution in [3.8, 4) is 23.0 Å². The number of methoxy groups -OCH3 is 2. The smallest absolute Gasteiger partial charge is 0.435 e. The molecule has 0 atom stereocenters. The number of hydrogen-bond acceptors (Lipinski definition) is 10. The molecular formula is C31H32F3N7O4. The lowest BCUT2D eigenvalue weighted by molar-refractivity contribution is -0.141. The maximum Gasteiger partial charge on any atom is 0.435 e. The van der Waals surface area contributed by atoms with Crippen molar-refractivity contribution in [1.29, 1.82) is 0 Å². The summed E-state index contributed by atoms with van der Waals surface area (Å²) in [5, 5.41) is 7.05. The number of nitrogens with one attached hydrogen (secondary N) is 1. The molecule has 5 rings (SSSR count). The van der Waals surface area contributed by atoms with E-state index in [1.54, 1.807) is 56.6 Å².